The Labute approximate surface area is 81.6 Å². The highest BCUT2D eigenvalue weighted by Crippen LogP contribution is 2.14. The van der Waals surface area contributed by atoms with Crippen molar-refractivity contribution >= 4 is 15.9 Å². The van der Waals surface area contributed by atoms with E-state index in [9.17, 15) is 0 Å². The molecule has 0 radical (unpaired) electrons. The van der Waals surface area contributed by atoms with Crippen molar-refractivity contribution < 1.29 is 5.11 Å². The average Bonchev–Trinajstić information content (AvgIpc) is 2.04. The molecule has 2 heteroatoms. The van der Waals surface area contributed by atoms with Crippen molar-refractivity contribution in [1.29, 1.82) is 0 Å². The molecule has 0 bridgehead atoms. The number of hydrogen-bond acceptors (Lipinski definition) is 1. The van der Waals surface area contributed by atoms with Crippen LogP contribution in [0.15, 0.2) is 28.7 Å². The smallest absolute Gasteiger partial charge is 0.0459 e. The summed E-state index contributed by atoms with van der Waals surface area (Å²) in [6.45, 7) is 2.30. The summed E-state index contributed by atoms with van der Waals surface area (Å²) in [4.78, 5) is 0. The van der Waals surface area contributed by atoms with E-state index in [-0.39, 0.29) is 6.61 Å². The van der Waals surface area contributed by atoms with Crippen molar-refractivity contribution in [3.8, 4) is 0 Å². The number of aliphatic hydroxyl groups excluding tert-OH is 1. The molecule has 0 saturated carbocycles. The molecule has 12 heavy (non-hydrogen) atoms. The van der Waals surface area contributed by atoms with Gasteiger partial charge in [0.2, 0.25) is 0 Å². The normalized spacial score (nSPS) is 12.9. The first-order valence-electron chi connectivity index (χ1n) is 4.07. The number of rotatable bonds is 3. The lowest BCUT2D eigenvalue weighted by atomic mass is 10.0. The second-order valence-corrected chi connectivity index (χ2v) is 4.04. The van der Waals surface area contributed by atoms with E-state index >= 15 is 0 Å². The number of hydrogen-bond donors (Lipinski definition) is 1. The van der Waals surface area contributed by atoms with E-state index in [2.05, 4.69) is 28.1 Å². The summed E-state index contributed by atoms with van der Waals surface area (Å²) in [5.41, 5.74) is 1.27. The summed E-state index contributed by atoms with van der Waals surface area (Å²) in [7, 11) is 0. The van der Waals surface area contributed by atoms with Crippen LogP contribution in [0.2, 0.25) is 0 Å². The molecule has 0 aliphatic rings. The van der Waals surface area contributed by atoms with Crippen LogP contribution in [0.25, 0.3) is 0 Å². The lowest BCUT2D eigenvalue weighted by Gasteiger charge is -2.07. The average molecular weight is 229 g/mol. The van der Waals surface area contributed by atoms with Crippen LogP contribution in [0.1, 0.15) is 12.5 Å². The van der Waals surface area contributed by atoms with Crippen molar-refractivity contribution in [1.82, 2.24) is 0 Å². The fourth-order valence-electron chi connectivity index (χ4n) is 1.13. The molecule has 1 aromatic rings. The third-order valence-electron chi connectivity index (χ3n) is 1.78. The zero-order valence-corrected chi connectivity index (χ0v) is 8.71. The Morgan fingerprint density at radius 1 is 1.50 bits per heavy atom. The van der Waals surface area contributed by atoms with E-state index in [1.165, 1.54) is 5.56 Å². The maximum absolute atomic E-state index is 8.85. The maximum atomic E-state index is 8.85. The molecule has 0 aliphatic carbocycles. The summed E-state index contributed by atoms with van der Waals surface area (Å²) < 4.78 is 1.10. The van der Waals surface area contributed by atoms with E-state index in [1.54, 1.807) is 0 Å². The molecule has 0 amide bonds. The summed E-state index contributed by atoms with van der Waals surface area (Å²) >= 11 is 3.41. The van der Waals surface area contributed by atoms with Gasteiger partial charge in [0.1, 0.15) is 0 Å². The predicted octanol–water partition coefficient (Wildman–Crippen LogP) is 2.62. The first-order valence-corrected chi connectivity index (χ1v) is 4.87. The van der Waals surface area contributed by atoms with Crippen LogP contribution in [0.5, 0.6) is 0 Å². The van der Waals surface area contributed by atoms with Crippen LogP contribution in [0.4, 0.5) is 0 Å². The molecular weight excluding hydrogens is 216 g/mol. The van der Waals surface area contributed by atoms with Gasteiger partial charge in [-0.2, -0.15) is 0 Å². The third kappa shape index (κ3) is 2.95. The van der Waals surface area contributed by atoms with Gasteiger partial charge in [-0.3, -0.25) is 0 Å². The second-order valence-electron chi connectivity index (χ2n) is 3.12. The van der Waals surface area contributed by atoms with Crippen molar-refractivity contribution in [2.75, 3.05) is 6.61 Å². The molecule has 0 aliphatic heterocycles. The monoisotopic (exact) mass is 228 g/mol. The van der Waals surface area contributed by atoms with E-state index in [0.29, 0.717) is 5.92 Å². The lowest BCUT2D eigenvalue weighted by Crippen LogP contribution is -2.04. The molecule has 1 nitrogen and oxygen atoms in total. The maximum Gasteiger partial charge on any atom is 0.0459 e. The number of halogens is 1. The quantitative estimate of drug-likeness (QED) is 0.844. The Morgan fingerprint density at radius 3 is 2.83 bits per heavy atom. The second kappa shape index (κ2) is 4.63. The van der Waals surface area contributed by atoms with Crippen molar-refractivity contribution in [3.05, 3.63) is 34.3 Å². The van der Waals surface area contributed by atoms with Gasteiger partial charge < -0.3 is 5.11 Å². The molecule has 0 unspecified atom stereocenters. The third-order valence-corrected chi connectivity index (χ3v) is 2.28. The molecule has 0 aromatic heterocycles. The Hall–Kier alpha value is -0.340. The summed E-state index contributed by atoms with van der Waals surface area (Å²) in [5, 5.41) is 8.85. The van der Waals surface area contributed by atoms with Gasteiger partial charge in [0.05, 0.1) is 0 Å². The highest BCUT2D eigenvalue weighted by atomic mass is 79.9. The van der Waals surface area contributed by atoms with Gasteiger partial charge >= 0.3 is 0 Å². The van der Waals surface area contributed by atoms with E-state index in [1.807, 2.05) is 19.1 Å². The first kappa shape index (κ1) is 9.75. The molecule has 1 aromatic carbocycles. The zero-order chi connectivity index (χ0) is 8.97. The van der Waals surface area contributed by atoms with Crippen molar-refractivity contribution in [3.63, 3.8) is 0 Å². The lowest BCUT2D eigenvalue weighted by molar-refractivity contribution is 0.237. The first-order chi connectivity index (χ1) is 5.72. The Bertz CT molecular complexity index is 247. The largest absolute Gasteiger partial charge is 0.396 e. The molecule has 0 spiro atoms. The highest BCUT2D eigenvalue weighted by molar-refractivity contribution is 9.10. The number of aliphatic hydroxyl groups is 1. The summed E-state index contributed by atoms with van der Waals surface area (Å²) in [5.74, 6) is 0.347. The van der Waals surface area contributed by atoms with Gasteiger partial charge in [0, 0.05) is 11.1 Å². The fourth-order valence-corrected chi connectivity index (χ4v) is 1.58. The van der Waals surface area contributed by atoms with Gasteiger partial charge in [-0.05, 0) is 30.0 Å². The van der Waals surface area contributed by atoms with Crippen molar-refractivity contribution in [2.45, 2.75) is 13.3 Å². The molecule has 1 N–H and O–H groups in total. The van der Waals surface area contributed by atoms with Crippen LogP contribution in [0, 0.1) is 5.92 Å². The van der Waals surface area contributed by atoms with Gasteiger partial charge in [-0.25, -0.2) is 0 Å². The van der Waals surface area contributed by atoms with E-state index in [0.717, 1.165) is 10.9 Å². The predicted molar refractivity (Wildman–Crippen MR) is 54.1 cm³/mol. The highest BCUT2D eigenvalue weighted by Gasteiger charge is 2.01. The van der Waals surface area contributed by atoms with Gasteiger partial charge in [-0.15, -0.1) is 0 Å². The molecule has 0 heterocycles. The Kier molecular flexibility index (Phi) is 3.76. The zero-order valence-electron chi connectivity index (χ0n) is 7.13. The summed E-state index contributed by atoms with van der Waals surface area (Å²) in [6, 6.07) is 8.19. The molecule has 0 saturated heterocycles. The minimum absolute atomic E-state index is 0.256. The SMILES string of the molecule is C[C@H](CO)Cc1cccc(Br)c1. The van der Waals surface area contributed by atoms with Gasteiger partial charge in [0.25, 0.3) is 0 Å². The van der Waals surface area contributed by atoms with Gasteiger partial charge in [-0.1, -0.05) is 35.0 Å². The van der Waals surface area contributed by atoms with E-state index in [4.69, 9.17) is 5.11 Å². The molecule has 1 rings (SSSR count). The van der Waals surface area contributed by atoms with Crippen LogP contribution in [-0.4, -0.2) is 11.7 Å². The van der Waals surface area contributed by atoms with Crippen LogP contribution in [-0.2, 0) is 6.42 Å². The standard InChI is InChI=1S/C10H13BrO/c1-8(7-12)5-9-3-2-4-10(11)6-9/h2-4,6,8,12H,5,7H2,1H3/t8-/m0/s1. The summed E-state index contributed by atoms with van der Waals surface area (Å²) in [6.07, 6.45) is 0.940. The Balaban J connectivity index is 2.63. The van der Waals surface area contributed by atoms with Crippen molar-refractivity contribution in [2.24, 2.45) is 5.92 Å². The Morgan fingerprint density at radius 2 is 2.25 bits per heavy atom. The van der Waals surface area contributed by atoms with Gasteiger partial charge in [0.15, 0.2) is 0 Å². The molecule has 66 valence electrons. The topological polar surface area (TPSA) is 20.2 Å². The van der Waals surface area contributed by atoms with Crippen LogP contribution in [0.3, 0.4) is 0 Å². The molecular formula is C10H13BrO. The number of benzene rings is 1. The molecule has 0 fully saturated rings. The molecule has 1 atom stereocenters. The minimum Gasteiger partial charge on any atom is -0.396 e. The fraction of sp³-hybridized carbons (Fsp3) is 0.400. The van der Waals surface area contributed by atoms with E-state index < -0.39 is 0 Å². The van der Waals surface area contributed by atoms with Crippen LogP contribution < -0.4 is 0 Å². The minimum atomic E-state index is 0.256. The van der Waals surface area contributed by atoms with Crippen LogP contribution >= 0.6 is 15.9 Å².